The number of aromatic nitrogens is 3. The molecule has 25 heavy (non-hydrogen) atoms. The van der Waals surface area contributed by atoms with Crippen molar-refractivity contribution in [3.63, 3.8) is 0 Å². The van der Waals surface area contributed by atoms with E-state index >= 15 is 0 Å². The Bertz CT molecular complexity index is 922. The number of carbonyl (C=O) groups excluding carboxylic acids is 1. The van der Waals surface area contributed by atoms with Gasteiger partial charge in [0.05, 0.1) is 18.0 Å². The molecule has 0 fully saturated rings. The Morgan fingerprint density at radius 3 is 2.80 bits per heavy atom. The molecule has 0 atom stereocenters. The summed E-state index contributed by atoms with van der Waals surface area (Å²) >= 11 is 0. The number of nitrogens with zero attached hydrogens (tertiary/aromatic N) is 3. The summed E-state index contributed by atoms with van der Waals surface area (Å²) in [5.41, 5.74) is 2.78. The van der Waals surface area contributed by atoms with E-state index in [1.165, 1.54) is 4.57 Å². The lowest BCUT2D eigenvalue weighted by atomic mass is 10.1. The standard InChI is InChI=1S/C18H22N4O3/c1-3-5-7-19-16(23)11-22-17-15(21(4-2)18(22)24)9-14(10-20-17)13-6-8-25-12-13/h6,8-10,12H,3-5,7,11H2,1-2H3,(H,19,23). The first-order valence-corrected chi connectivity index (χ1v) is 8.54. The van der Waals surface area contributed by atoms with Crippen LogP contribution in [0, 0.1) is 0 Å². The highest BCUT2D eigenvalue weighted by atomic mass is 16.3. The molecule has 1 N–H and O–H groups in total. The zero-order valence-corrected chi connectivity index (χ0v) is 14.5. The minimum Gasteiger partial charge on any atom is -0.472 e. The Balaban J connectivity index is 1.97. The number of furan rings is 1. The summed E-state index contributed by atoms with van der Waals surface area (Å²) in [7, 11) is 0. The molecule has 0 unspecified atom stereocenters. The van der Waals surface area contributed by atoms with Crippen molar-refractivity contribution in [2.75, 3.05) is 6.54 Å². The Morgan fingerprint density at radius 1 is 1.28 bits per heavy atom. The molecular formula is C18H22N4O3. The van der Waals surface area contributed by atoms with E-state index in [2.05, 4.69) is 17.2 Å². The number of amides is 1. The first kappa shape index (κ1) is 17.0. The lowest BCUT2D eigenvalue weighted by Crippen LogP contribution is -2.33. The highest BCUT2D eigenvalue weighted by molar-refractivity contribution is 5.81. The monoisotopic (exact) mass is 342 g/mol. The van der Waals surface area contributed by atoms with Crippen molar-refractivity contribution in [3.05, 3.63) is 41.3 Å². The van der Waals surface area contributed by atoms with Crippen LogP contribution in [0.2, 0.25) is 0 Å². The summed E-state index contributed by atoms with van der Waals surface area (Å²) in [6, 6.07) is 3.75. The molecule has 0 aliphatic heterocycles. The number of hydrogen-bond acceptors (Lipinski definition) is 4. The van der Waals surface area contributed by atoms with Crippen LogP contribution in [0.3, 0.4) is 0 Å². The van der Waals surface area contributed by atoms with Crippen molar-refractivity contribution >= 4 is 17.1 Å². The minimum absolute atomic E-state index is 0.0237. The molecule has 0 aliphatic carbocycles. The second-order valence-electron chi connectivity index (χ2n) is 5.90. The van der Waals surface area contributed by atoms with Crippen LogP contribution in [-0.2, 0) is 17.9 Å². The third-order valence-corrected chi connectivity index (χ3v) is 4.18. The van der Waals surface area contributed by atoms with Crippen LogP contribution in [0.5, 0.6) is 0 Å². The highest BCUT2D eigenvalue weighted by Gasteiger charge is 2.17. The van der Waals surface area contributed by atoms with Crippen LogP contribution < -0.4 is 11.0 Å². The van der Waals surface area contributed by atoms with E-state index in [0.29, 0.717) is 24.3 Å². The molecule has 0 aromatic carbocycles. The second-order valence-corrected chi connectivity index (χ2v) is 5.90. The van der Waals surface area contributed by atoms with Crippen LogP contribution in [0.15, 0.2) is 40.1 Å². The number of rotatable bonds is 7. The number of pyridine rings is 1. The second kappa shape index (κ2) is 7.38. The maximum atomic E-state index is 12.7. The number of hydrogen-bond donors (Lipinski definition) is 1. The molecule has 3 aromatic heterocycles. The molecule has 1 amide bonds. The van der Waals surface area contributed by atoms with Gasteiger partial charge in [0.25, 0.3) is 0 Å². The van der Waals surface area contributed by atoms with Gasteiger partial charge in [-0.25, -0.2) is 9.78 Å². The highest BCUT2D eigenvalue weighted by Crippen LogP contribution is 2.22. The average molecular weight is 342 g/mol. The van der Waals surface area contributed by atoms with Crippen LogP contribution in [-0.4, -0.2) is 26.6 Å². The van der Waals surface area contributed by atoms with Crippen molar-refractivity contribution in [3.8, 4) is 11.1 Å². The first-order valence-electron chi connectivity index (χ1n) is 8.54. The molecule has 0 spiro atoms. The summed E-state index contributed by atoms with van der Waals surface area (Å²) in [6.07, 6.45) is 6.85. The molecule has 3 aromatic rings. The number of nitrogens with one attached hydrogen (secondary N) is 1. The topological polar surface area (TPSA) is 82.1 Å². The Morgan fingerprint density at radius 2 is 2.12 bits per heavy atom. The summed E-state index contributed by atoms with van der Waals surface area (Å²) in [4.78, 5) is 29.2. The minimum atomic E-state index is -0.222. The fraction of sp³-hybridized carbons (Fsp3) is 0.389. The van der Waals surface area contributed by atoms with Crippen molar-refractivity contribution in [2.45, 2.75) is 39.8 Å². The third-order valence-electron chi connectivity index (χ3n) is 4.18. The summed E-state index contributed by atoms with van der Waals surface area (Å²) in [5, 5.41) is 2.84. The van der Waals surface area contributed by atoms with E-state index < -0.39 is 0 Å². The van der Waals surface area contributed by atoms with Gasteiger partial charge in [-0.05, 0) is 25.5 Å². The average Bonchev–Trinajstić information content (AvgIpc) is 3.22. The van der Waals surface area contributed by atoms with E-state index in [9.17, 15) is 9.59 Å². The SMILES string of the molecule is CCCCNC(=O)Cn1c(=O)n(CC)c2cc(-c3ccoc3)cnc21. The zero-order chi connectivity index (χ0) is 17.8. The maximum absolute atomic E-state index is 12.7. The largest absolute Gasteiger partial charge is 0.472 e. The maximum Gasteiger partial charge on any atom is 0.330 e. The zero-order valence-electron chi connectivity index (χ0n) is 14.5. The molecule has 7 nitrogen and oxygen atoms in total. The van der Waals surface area contributed by atoms with Gasteiger partial charge in [0, 0.05) is 30.4 Å². The van der Waals surface area contributed by atoms with Crippen molar-refractivity contribution in [2.24, 2.45) is 0 Å². The number of unbranched alkanes of at least 4 members (excludes halogenated alkanes) is 1. The van der Waals surface area contributed by atoms with Crippen LogP contribution >= 0.6 is 0 Å². The number of carbonyl (C=O) groups is 1. The number of aryl methyl sites for hydroxylation is 1. The Labute approximate surface area is 145 Å². The van der Waals surface area contributed by atoms with Gasteiger partial charge in [0.15, 0.2) is 5.65 Å². The fourth-order valence-corrected chi connectivity index (χ4v) is 2.83. The van der Waals surface area contributed by atoms with Crippen LogP contribution in [0.4, 0.5) is 0 Å². The van der Waals surface area contributed by atoms with Gasteiger partial charge in [-0.3, -0.25) is 13.9 Å². The molecule has 132 valence electrons. The smallest absolute Gasteiger partial charge is 0.330 e. The molecule has 0 saturated carbocycles. The molecule has 0 aliphatic rings. The predicted octanol–water partition coefficient (Wildman–Crippen LogP) is 2.39. The molecule has 0 bridgehead atoms. The molecule has 3 heterocycles. The van der Waals surface area contributed by atoms with Crippen LogP contribution in [0.25, 0.3) is 22.3 Å². The third kappa shape index (κ3) is 3.35. The van der Waals surface area contributed by atoms with Gasteiger partial charge < -0.3 is 9.73 Å². The normalized spacial score (nSPS) is 11.1. The first-order chi connectivity index (χ1) is 12.2. The van der Waals surface area contributed by atoms with Gasteiger partial charge in [0.1, 0.15) is 6.54 Å². The van der Waals surface area contributed by atoms with Gasteiger partial charge in [0.2, 0.25) is 5.91 Å². The molecule has 3 rings (SSSR count). The molecular weight excluding hydrogens is 320 g/mol. The van der Waals surface area contributed by atoms with E-state index in [4.69, 9.17) is 4.42 Å². The van der Waals surface area contributed by atoms with Gasteiger partial charge >= 0.3 is 5.69 Å². The van der Waals surface area contributed by atoms with Crippen molar-refractivity contribution in [1.82, 2.24) is 19.4 Å². The lowest BCUT2D eigenvalue weighted by molar-refractivity contribution is -0.121. The summed E-state index contributed by atoms with van der Waals surface area (Å²) in [6.45, 7) is 5.07. The Kier molecular flexibility index (Phi) is 5.02. The summed E-state index contributed by atoms with van der Waals surface area (Å²) < 4.78 is 8.17. The van der Waals surface area contributed by atoms with Crippen molar-refractivity contribution in [1.29, 1.82) is 0 Å². The van der Waals surface area contributed by atoms with E-state index in [-0.39, 0.29) is 18.1 Å². The fourth-order valence-electron chi connectivity index (χ4n) is 2.83. The lowest BCUT2D eigenvalue weighted by Gasteiger charge is -2.05. The Hall–Kier alpha value is -2.83. The van der Waals surface area contributed by atoms with Crippen LogP contribution in [0.1, 0.15) is 26.7 Å². The van der Waals surface area contributed by atoms with Gasteiger partial charge in [-0.2, -0.15) is 0 Å². The molecule has 7 heteroatoms. The summed E-state index contributed by atoms with van der Waals surface area (Å²) in [5.74, 6) is -0.175. The van der Waals surface area contributed by atoms with Gasteiger partial charge in [-0.15, -0.1) is 0 Å². The predicted molar refractivity (Wildman–Crippen MR) is 95.3 cm³/mol. The van der Waals surface area contributed by atoms with E-state index in [0.717, 1.165) is 24.0 Å². The number of imidazole rings is 1. The van der Waals surface area contributed by atoms with Gasteiger partial charge in [-0.1, -0.05) is 13.3 Å². The molecule has 0 saturated heterocycles. The quantitative estimate of drug-likeness (QED) is 0.669. The number of fused-ring (bicyclic) bond motifs is 1. The van der Waals surface area contributed by atoms with E-state index in [1.807, 2.05) is 19.1 Å². The molecule has 0 radical (unpaired) electrons. The van der Waals surface area contributed by atoms with E-state index in [1.54, 1.807) is 23.3 Å². The van der Waals surface area contributed by atoms with Crippen molar-refractivity contribution < 1.29 is 9.21 Å².